The molecular weight excluding hydrogens is 376 g/mol. The summed E-state index contributed by atoms with van der Waals surface area (Å²) in [6.07, 6.45) is 0.462. The topological polar surface area (TPSA) is 89.8 Å². The van der Waals surface area contributed by atoms with Gasteiger partial charge in [0.15, 0.2) is 23.0 Å². The van der Waals surface area contributed by atoms with Gasteiger partial charge >= 0.3 is 0 Å². The first-order valence-corrected chi connectivity index (χ1v) is 8.98. The predicted molar refractivity (Wildman–Crippen MR) is 107 cm³/mol. The molecule has 0 bridgehead atoms. The maximum Gasteiger partial charge on any atom is 0.240 e. The minimum absolute atomic E-state index is 0.00902. The van der Waals surface area contributed by atoms with Gasteiger partial charge in [-0.1, -0.05) is 6.07 Å². The molecule has 1 aliphatic rings. The molecule has 1 amide bonds. The Hall–Kier alpha value is -3.42. The van der Waals surface area contributed by atoms with Crippen molar-refractivity contribution in [1.82, 2.24) is 5.01 Å². The molecule has 0 saturated carbocycles. The van der Waals surface area contributed by atoms with Gasteiger partial charge < -0.3 is 24.1 Å². The maximum atomic E-state index is 12.2. The van der Waals surface area contributed by atoms with Gasteiger partial charge in [-0.2, -0.15) is 5.10 Å². The molecule has 1 aliphatic heterocycles. The van der Waals surface area contributed by atoms with Gasteiger partial charge in [0.1, 0.15) is 0 Å². The number of carbonyl (C=O) groups is 1. The fraction of sp³-hybridized carbons (Fsp3) is 0.333. The Balaban J connectivity index is 2.01. The van der Waals surface area contributed by atoms with Gasteiger partial charge in [0.05, 0.1) is 40.2 Å². The van der Waals surface area contributed by atoms with E-state index in [4.69, 9.17) is 18.9 Å². The third kappa shape index (κ3) is 3.78. The molecule has 1 N–H and O–H groups in total. The van der Waals surface area contributed by atoms with E-state index in [0.29, 0.717) is 35.1 Å². The van der Waals surface area contributed by atoms with Crippen LogP contribution in [0, 0.1) is 0 Å². The molecule has 1 unspecified atom stereocenters. The number of amides is 1. The van der Waals surface area contributed by atoms with E-state index in [2.05, 4.69) is 5.10 Å². The molecular formula is C21H24N2O6. The van der Waals surface area contributed by atoms with Gasteiger partial charge in [-0.25, -0.2) is 5.01 Å². The van der Waals surface area contributed by atoms with Crippen molar-refractivity contribution in [2.45, 2.75) is 19.4 Å². The molecule has 0 fully saturated rings. The number of hydrogen-bond acceptors (Lipinski definition) is 7. The van der Waals surface area contributed by atoms with Crippen LogP contribution in [0.15, 0.2) is 35.4 Å². The minimum Gasteiger partial charge on any atom is -0.504 e. The summed E-state index contributed by atoms with van der Waals surface area (Å²) >= 11 is 0. The normalized spacial score (nSPS) is 15.7. The van der Waals surface area contributed by atoms with Crippen LogP contribution in [-0.4, -0.2) is 50.2 Å². The lowest BCUT2D eigenvalue weighted by molar-refractivity contribution is -0.130. The molecule has 0 spiro atoms. The summed E-state index contributed by atoms with van der Waals surface area (Å²) in [5.74, 6) is 1.67. The average Bonchev–Trinajstić information content (AvgIpc) is 3.18. The third-order valence-electron chi connectivity index (χ3n) is 4.82. The number of rotatable bonds is 6. The molecule has 0 saturated heterocycles. The number of phenolic OH excluding ortho intramolecular Hbond substituents is 1. The van der Waals surface area contributed by atoms with Crippen LogP contribution in [0.4, 0.5) is 0 Å². The Morgan fingerprint density at radius 2 is 1.62 bits per heavy atom. The number of carbonyl (C=O) groups excluding carboxylic acids is 1. The Labute approximate surface area is 169 Å². The molecule has 2 aromatic carbocycles. The van der Waals surface area contributed by atoms with Crippen molar-refractivity contribution < 1.29 is 28.8 Å². The second-order valence-corrected chi connectivity index (χ2v) is 6.48. The smallest absolute Gasteiger partial charge is 0.240 e. The SMILES string of the molecule is COc1ccc(C2CC(c3cc(OC)c(OC)c(OC)c3)=NN2C(C)=O)cc1O. The van der Waals surface area contributed by atoms with Crippen LogP contribution in [-0.2, 0) is 4.79 Å². The average molecular weight is 400 g/mol. The largest absolute Gasteiger partial charge is 0.504 e. The molecule has 1 atom stereocenters. The van der Waals surface area contributed by atoms with Gasteiger partial charge in [0.25, 0.3) is 0 Å². The zero-order valence-corrected chi connectivity index (χ0v) is 17.1. The lowest BCUT2D eigenvalue weighted by Gasteiger charge is -2.21. The first kappa shape index (κ1) is 20.3. The molecule has 8 nitrogen and oxygen atoms in total. The third-order valence-corrected chi connectivity index (χ3v) is 4.82. The fourth-order valence-electron chi connectivity index (χ4n) is 3.40. The van der Waals surface area contributed by atoms with E-state index in [1.165, 1.54) is 26.2 Å². The standard InChI is InChI=1S/C21H24N2O6/c1-12(24)23-16(13-6-7-18(26-2)17(25)8-13)11-15(22-23)14-9-19(27-3)21(29-5)20(10-14)28-4/h6-10,16,25H,11H2,1-5H3. The number of benzene rings is 2. The van der Waals surface area contributed by atoms with Crippen LogP contribution in [0.2, 0.25) is 0 Å². The monoisotopic (exact) mass is 400 g/mol. The Morgan fingerprint density at radius 1 is 1.00 bits per heavy atom. The lowest BCUT2D eigenvalue weighted by Crippen LogP contribution is -2.24. The van der Waals surface area contributed by atoms with Gasteiger partial charge in [-0.15, -0.1) is 0 Å². The fourth-order valence-corrected chi connectivity index (χ4v) is 3.40. The second kappa shape index (κ2) is 8.30. The number of phenols is 1. The zero-order valence-electron chi connectivity index (χ0n) is 17.1. The lowest BCUT2D eigenvalue weighted by atomic mass is 9.97. The number of ether oxygens (including phenoxy) is 4. The molecule has 3 rings (SSSR count). The van der Waals surface area contributed by atoms with Crippen LogP contribution < -0.4 is 18.9 Å². The predicted octanol–water partition coefficient (Wildman–Crippen LogP) is 3.12. The molecule has 0 aliphatic carbocycles. The number of hydrazone groups is 1. The Kier molecular flexibility index (Phi) is 5.81. The highest BCUT2D eigenvalue weighted by Gasteiger charge is 2.32. The summed E-state index contributed by atoms with van der Waals surface area (Å²) in [6, 6.07) is 8.32. The van der Waals surface area contributed by atoms with Crippen molar-refractivity contribution in [1.29, 1.82) is 0 Å². The first-order valence-electron chi connectivity index (χ1n) is 8.98. The molecule has 1 heterocycles. The van der Waals surface area contributed by atoms with E-state index >= 15 is 0 Å². The highest BCUT2D eigenvalue weighted by molar-refractivity contribution is 6.04. The van der Waals surface area contributed by atoms with Crippen LogP contribution in [0.1, 0.15) is 30.5 Å². The zero-order chi connectivity index (χ0) is 21.1. The van der Waals surface area contributed by atoms with Crippen molar-refractivity contribution in [3.8, 4) is 28.7 Å². The van der Waals surface area contributed by atoms with Crippen LogP contribution >= 0.6 is 0 Å². The second-order valence-electron chi connectivity index (χ2n) is 6.48. The van der Waals surface area contributed by atoms with Gasteiger partial charge in [-0.3, -0.25) is 4.79 Å². The number of hydrogen-bond donors (Lipinski definition) is 1. The number of methoxy groups -OCH3 is 4. The van der Waals surface area contributed by atoms with Crippen molar-refractivity contribution in [3.63, 3.8) is 0 Å². The van der Waals surface area contributed by atoms with Crippen molar-refractivity contribution in [2.75, 3.05) is 28.4 Å². The summed E-state index contributed by atoms with van der Waals surface area (Å²) in [6.45, 7) is 1.46. The van der Waals surface area contributed by atoms with Crippen LogP contribution in [0.3, 0.4) is 0 Å². The highest BCUT2D eigenvalue weighted by Crippen LogP contribution is 2.41. The van der Waals surface area contributed by atoms with E-state index in [1.54, 1.807) is 38.5 Å². The number of nitrogens with zero attached hydrogens (tertiary/aromatic N) is 2. The molecule has 2 aromatic rings. The van der Waals surface area contributed by atoms with E-state index < -0.39 is 0 Å². The maximum absolute atomic E-state index is 12.2. The number of aromatic hydroxyl groups is 1. The molecule has 29 heavy (non-hydrogen) atoms. The highest BCUT2D eigenvalue weighted by atomic mass is 16.5. The summed E-state index contributed by atoms with van der Waals surface area (Å²) in [5, 5.41) is 16.1. The minimum atomic E-state index is -0.349. The summed E-state index contributed by atoms with van der Waals surface area (Å²) in [5.41, 5.74) is 2.20. The van der Waals surface area contributed by atoms with Crippen molar-refractivity contribution >= 4 is 11.6 Å². The van der Waals surface area contributed by atoms with Gasteiger partial charge in [0, 0.05) is 18.9 Å². The van der Waals surface area contributed by atoms with E-state index in [1.807, 2.05) is 6.07 Å². The van der Waals surface area contributed by atoms with Gasteiger partial charge in [0.2, 0.25) is 11.7 Å². The molecule has 8 heteroatoms. The molecule has 0 aromatic heterocycles. The summed E-state index contributed by atoms with van der Waals surface area (Å²) in [7, 11) is 6.11. The van der Waals surface area contributed by atoms with E-state index in [9.17, 15) is 9.90 Å². The Bertz CT molecular complexity index is 931. The molecule has 0 radical (unpaired) electrons. The van der Waals surface area contributed by atoms with E-state index in [0.717, 1.165) is 11.1 Å². The van der Waals surface area contributed by atoms with Crippen LogP contribution in [0.25, 0.3) is 0 Å². The van der Waals surface area contributed by atoms with Crippen LogP contribution in [0.5, 0.6) is 28.7 Å². The molecule has 154 valence electrons. The first-order chi connectivity index (χ1) is 13.9. The van der Waals surface area contributed by atoms with Crippen molar-refractivity contribution in [2.24, 2.45) is 5.10 Å². The summed E-state index contributed by atoms with van der Waals surface area (Å²) < 4.78 is 21.3. The van der Waals surface area contributed by atoms with Gasteiger partial charge in [-0.05, 0) is 29.8 Å². The Morgan fingerprint density at radius 3 is 2.10 bits per heavy atom. The summed E-state index contributed by atoms with van der Waals surface area (Å²) in [4.78, 5) is 12.2. The van der Waals surface area contributed by atoms with E-state index in [-0.39, 0.29) is 17.7 Å². The van der Waals surface area contributed by atoms with Crippen molar-refractivity contribution in [3.05, 3.63) is 41.5 Å². The quantitative estimate of drug-likeness (QED) is 0.801.